The Kier molecular flexibility index (Phi) is 3.84. The Morgan fingerprint density at radius 2 is 1.83 bits per heavy atom. The quantitative estimate of drug-likeness (QED) is 0.741. The number of carbonyl (C=O) groups is 1. The van der Waals surface area contributed by atoms with E-state index >= 15 is 0 Å². The van der Waals surface area contributed by atoms with Crippen molar-refractivity contribution in [2.75, 3.05) is 16.4 Å². The highest BCUT2D eigenvalue weighted by Gasteiger charge is 2.04. The lowest BCUT2D eigenvalue weighted by molar-refractivity contribution is 0.262. The third-order valence-electron chi connectivity index (χ3n) is 2.27. The first-order chi connectivity index (χ1) is 8.65. The summed E-state index contributed by atoms with van der Waals surface area (Å²) in [6, 6.07) is 14.1. The van der Waals surface area contributed by atoms with Crippen molar-refractivity contribution in [3.05, 3.63) is 53.0 Å². The number of carbonyl (C=O) groups excluding carboxylic acids is 1. The summed E-state index contributed by atoms with van der Waals surface area (Å²) in [5, 5.41) is 5.45. The van der Waals surface area contributed by atoms with E-state index < -0.39 is 0 Å². The molecule has 5 heteroatoms. The Bertz CT molecular complexity index is 572. The molecule has 0 atom stereocenters. The number of hydrogen-bond donors (Lipinski definition) is 3. The SMILES string of the molecule is Nc1cccc(NC(=O)Nc2ccccc2Br)c1. The van der Waals surface area contributed by atoms with Crippen LogP contribution in [0.2, 0.25) is 0 Å². The lowest BCUT2D eigenvalue weighted by atomic mass is 10.3. The van der Waals surface area contributed by atoms with Crippen LogP contribution in [0.1, 0.15) is 0 Å². The number of anilines is 3. The molecule has 0 fully saturated rings. The predicted octanol–water partition coefficient (Wildman–Crippen LogP) is 3.68. The Labute approximate surface area is 113 Å². The number of nitrogens with two attached hydrogens (primary N) is 1. The summed E-state index contributed by atoms with van der Waals surface area (Å²) >= 11 is 3.36. The van der Waals surface area contributed by atoms with E-state index in [1.807, 2.05) is 24.3 Å². The number of nitrogens with one attached hydrogen (secondary N) is 2. The van der Waals surface area contributed by atoms with Gasteiger partial charge < -0.3 is 16.4 Å². The number of halogens is 1. The number of rotatable bonds is 2. The lowest BCUT2D eigenvalue weighted by Crippen LogP contribution is -2.19. The maximum absolute atomic E-state index is 11.8. The van der Waals surface area contributed by atoms with Crippen molar-refractivity contribution in [3.63, 3.8) is 0 Å². The van der Waals surface area contributed by atoms with Crippen molar-refractivity contribution in [3.8, 4) is 0 Å². The Morgan fingerprint density at radius 3 is 2.56 bits per heavy atom. The molecule has 0 heterocycles. The van der Waals surface area contributed by atoms with E-state index in [4.69, 9.17) is 5.73 Å². The van der Waals surface area contributed by atoms with Crippen LogP contribution < -0.4 is 16.4 Å². The van der Waals surface area contributed by atoms with Crippen LogP contribution in [0.25, 0.3) is 0 Å². The molecule has 2 rings (SSSR count). The second-order valence-corrected chi connectivity index (χ2v) is 4.54. The highest BCUT2D eigenvalue weighted by molar-refractivity contribution is 9.10. The number of urea groups is 1. The molecule has 0 aliphatic heterocycles. The number of hydrogen-bond acceptors (Lipinski definition) is 2. The Morgan fingerprint density at radius 1 is 1.06 bits per heavy atom. The van der Waals surface area contributed by atoms with Crippen molar-refractivity contribution in [1.82, 2.24) is 0 Å². The van der Waals surface area contributed by atoms with E-state index in [-0.39, 0.29) is 6.03 Å². The molecule has 2 aromatic carbocycles. The maximum Gasteiger partial charge on any atom is 0.323 e. The van der Waals surface area contributed by atoms with E-state index in [1.165, 1.54) is 0 Å². The van der Waals surface area contributed by atoms with E-state index in [0.717, 1.165) is 4.47 Å². The first-order valence-electron chi connectivity index (χ1n) is 5.33. The molecular formula is C13H12BrN3O. The van der Waals surface area contributed by atoms with Crippen LogP contribution in [0.3, 0.4) is 0 Å². The minimum Gasteiger partial charge on any atom is -0.399 e. The van der Waals surface area contributed by atoms with Gasteiger partial charge in [0.1, 0.15) is 0 Å². The van der Waals surface area contributed by atoms with E-state index in [9.17, 15) is 4.79 Å². The monoisotopic (exact) mass is 305 g/mol. The van der Waals surface area contributed by atoms with E-state index in [2.05, 4.69) is 26.6 Å². The van der Waals surface area contributed by atoms with E-state index in [1.54, 1.807) is 24.3 Å². The van der Waals surface area contributed by atoms with Gasteiger partial charge in [-0.25, -0.2) is 4.79 Å². The smallest absolute Gasteiger partial charge is 0.323 e. The molecule has 4 nitrogen and oxygen atoms in total. The van der Waals surface area contributed by atoms with Crippen LogP contribution in [-0.4, -0.2) is 6.03 Å². The molecule has 92 valence electrons. The number of nitrogen functional groups attached to an aromatic ring is 1. The molecule has 0 saturated carbocycles. The second-order valence-electron chi connectivity index (χ2n) is 3.68. The van der Waals surface area contributed by atoms with Crippen LogP contribution in [0, 0.1) is 0 Å². The van der Waals surface area contributed by atoms with Gasteiger partial charge in [0.05, 0.1) is 5.69 Å². The van der Waals surface area contributed by atoms with Crippen molar-refractivity contribution >= 4 is 39.0 Å². The van der Waals surface area contributed by atoms with Crippen LogP contribution in [0.15, 0.2) is 53.0 Å². The molecule has 18 heavy (non-hydrogen) atoms. The second kappa shape index (κ2) is 5.55. The largest absolute Gasteiger partial charge is 0.399 e. The van der Waals surface area contributed by atoms with Gasteiger partial charge in [-0.15, -0.1) is 0 Å². The molecule has 0 radical (unpaired) electrons. The molecule has 2 aromatic rings. The van der Waals surface area contributed by atoms with Crippen LogP contribution in [0.5, 0.6) is 0 Å². The molecule has 0 aliphatic carbocycles. The minimum absolute atomic E-state index is 0.312. The van der Waals surface area contributed by atoms with E-state index in [0.29, 0.717) is 17.1 Å². The third-order valence-corrected chi connectivity index (χ3v) is 2.96. The first kappa shape index (κ1) is 12.4. The van der Waals surface area contributed by atoms with Gasteiger partial charge in [-0.1, -0.05) is 18.2 Å². The van der Waals surface area contributed by atoms with Gasteiger partial charge in [-0.2, -0.15) is 0 Å². The molecule has 2 amide bonds. The van der Waals surface area contributed by atoms with Gasteiger partial charge in [0.25, 0.3) is 0 Å². The summed E-state index contributed by atoms with van der Waals surface area (Å²) in [5.74, 6) is 0. The molecular weight excluding hydrogens is 294 g/mol. The average molecular weight is 306 g/mol. The van der Waals surface area contributed by atoms with Gasteiger partial charge in [0, 0.05) is 15.8 Å². The Hall–Kier alpha value is -2.01. The number of benzene rings is 2. The lowest BCUT2D eigenvalue weighted by Gasteiger charge is -2.09. The van der Waals surface area contributed by atoms with Crippen LogP contribution >= 0.6 is 15.9 Å². The zero-order valence-electron chi connectivity index (χ0n) is 9.48. The fourth-order valence-corrected chi connectivity index (χ4v) is 1.85. The van der Waals surface area contributed by atoms with Crippen LogP contribution in [0.4, 0.5) is 21.9 Å². The fourth-order valence-electron chi connectivity index (χ4n) is 1.46. The average Bonchev–Trinajstić information content (AvgIpc) is 2.32. The predicted molar refractivity (Wildman–Crippen MR) is 77.6 cm³/mol. The minimum atomic E-state index is -0.312. The molecule has 0 bridgehead atoms. The van der Waals surface area contributed by atoms with Gasteiger partial charge in [-0.3, -0.25) is 0 Å². The normalized spacial score (nSPS) is 9.83. The summed E-state index contributed by atoms with van der Waals surface area (Å²) in [5.41, 5.74) is 7.60. The number of para-hydroxylation sites is 1. The molecule has 0 unspecified atom stereocenters. The molecule has 0 spiro atoms. The molecule has 0 aliphatic rings. The Balaban J connectivity index is 2.03. The fraction of sp³-hybridized carbons (Fsp3) is 0. The zero-order chi connectivity index (χ0) is 13.0. The van der Waals surface area contributed by atoms with Crippen molar-refractivity contribution in [2.45, 2.75) is 0 Å². The maximum atomic E-state index is 11.8. The van der Waals surface area contributed by atoms with Crippen LogP contribution in [-0.2, 0) is 0 Å². The third kappa shape index (κ3) is 3.24. The summed E-state index contributed by atoms with van der Waals surface area (Å²) in [4.78, 5) is 11.8. The summed E-state index contributed by atoms with van der Waals surface area (Å²) in [6.07, 6.45) is 0. The number of amides is 2. The molecule has 4 N–H and O–H groups in total. The highest BCUT2D eigenvalue weighted by atomic mass is 79.9. The van der Waals surface area contributed by atoms with Gasteiger partial charge >= 0.3 is 6.03 Å². The topological polar surface area (TPSA) is 67.1 Å². The first-order valence-corrected chi connectivity index (χ1v) is 6.12. The molecule has 0 aromatic heterocycles. The van der Waals surface area contributed by atoms with Gasteiger partial charge in [0.15, 0.2) is 0 Å². The summed E-state index contributed by atoms with van der Waals surface area (Å²) < 4.78 is 0.827. The van der Waals surface area contributed by atoms with Crippen molar-refractivity contribution < 1.29 is 4.79 Å². The van der Waals surface area contributed by atoms with Crippen molar-refractivity contribution in [1.29, 1.82) is 0 Å². The summed E-state index contributed by atoms with van der Waals surface area (Å²) in [7, 11) is 0. The summed E-state index contributed by atoms with van der Waals surface area (Å²) in [6.45, 7) is 0. The standard InChI is InChI=1S/C13H12BrN3O/c14-11-6-1-2-7-12(11)17-13(18)16-10-5-3-4-9(15)8-10/h1-8H,15H2,(H2,16,17,18). The van der Waals surface area contributed by atoms with Gasteiger partial charge in [0.2, 0.25) is 0 Å². The van der Waals surface area contributed by atoms with Gasteiger partial charge in [-0.05, 0) is 46.3 Å². The van der Waals surface area contributed by atoms with Crippen molar-refractivity contribution in [2.24, 2.45) is 0 Å². The molecule has 0 saturated heterocycles. The highest BCUT2D eigenvalue weighted by Crippen LogP contribution is 2.21. The zero-order valence-corrected chi connectivity index (χ0v) is 11.1.